The number of phenols is 1. The Kier molecular flexibility index (Phi) is 4.23. The minimum absolute atomic E-state index is 0.341. The highest BCUT2D eigenvalue weighted by Gasteiger charge is 2.01. The lowest BCUT2D eigenvalue weighted by Crippen LogP contribution is -2.13. The van der Waals surface area contributed by atoms with E-state index in [2.05, 4.69) is 4.90 Å². The first-order valence-corrected chi connectivity index (χ1v) is 5.09. The summed E-state index contributed by atoms with van der Waals surface area (Å²) in [5.74, 6) is 0.341. The topological polar surface area (TPSA) is 23.5 Å². The summed E-state index contributed by atoms with van der Waals surface area (Å²) < 4.78 is 0. The number of hydrogen-bond acceptors (Lipinski definition) is 2. The van der Waals surface area contributed by atoms with Crippen LogP contribution in [0, 0.1) is 0 Å². The number of benzene rings is 1. The zero-order valence-electron chi connectivity index (χ0n) is 8.63. The maximum absolute atomic E-state index is 9.53. The Morgan fingerprint density at radius 2 is 2.07 bits per heavy atom. The van der Waals surface area contributed by atoms with Gasteiger partial charge in [0.1, 0.15) is 5.75 Å². The summed E-state index contributed by atoms with van der Waals surface area (Å²) in [6.07, 6.45) is 1.89. The highest BCUT2D eigenvalue weighted by Crippen LogP contribution is 2.22. The van der Waals surface area contributed by atoms with Gasteiger partial charge in [0.25, 0.3) is 0 Å². The van der Waals surface area contributed by atoms with E-state index < -0.39 is 0 Å². The molecule has 0 spiro atoms. The molecule has 0 aliphatic rings. The summed E-state index contributed by atoms with van der Waals surface area (Å²) in [7, 11) is 4.08. The van der Waals surface area contributed by atoms with E-state index in [1.54, 1.807) is 12.1 Å². The minimum Gasteiger partial charge on any atom is -0.508 e. The molecule has 0 aromatic heterocycles. The molecule has 0 aliphatic carbocycles. The van der Waals surface area contributed by atoms with E-state index in [9.17, 15) is 5.11 Å². The monoisotopic (exact) mass is 213 g/mol. The fraction of sp³-hybridized carbons (Fsp3) is 0.455. The average molecular weight is 214 g/mol. The van der Waals surface area contributed by atoms with E-state index in [0.717, 1.165) is 24.9 Å². The standard InChI is InChI=1S/C11H16ClNO/c1-13(2)7-3-4-9-8-10(12)5-6-11(9)14/h5-6,8,14H,3-4,7H2,1-2H3. The van der Waals surface area contributed by atoms with Crippen LogP contribution in [-0.4, -0.2) is 30.6 Å². The maximum Gasteiger partial charge on any atom is 0.118 e. The van der Waals surface area contributed by atoms with Crippen molar-refractivity contribution in [2.75, 3.05) is 20.6 Å². The fourth-order valence-electron chi connectivity index (χ4n) is 1.34. The summed E-state index contributed by atoms with van der Waals surface area (Å²) in [6, 6.07) is 5.17. The van der Waals surface area contributed by atoms with Crippen molar-refractivity contribution in [1.82, 2.24) is 4.90 Å². The Labute approximate surface area is 90.1 Å². The first kappa shape index (κ1) is 11.3. The molecule has 0 heterocycles. The Morgan fingerprint density at radius 3 is 2.71 bits per heavy atom. The fourth-order valence-corrected chi connectivity index (χ4v) is 1.53. The first-order chi connectivity index (χ1) is 6.59. The molecule has 0 atom stereocenters. The number of aryl methyl sites for hydroxylation is 1. The zero-order chi connectivity index (χ0) is 10.6. The summed E-state index contributed by atoms with van der Waals surface area (Å²) in [5.41, 5.74) is 0.930. The quantitative estimate of drug-likeness (QED) is 0.831. The number of hydrogen-bond donors (Lipinski definition) is 1. The van der Waals surface area contributed by atoms with E-state index in [-0.39, 0.29) is 0 Å². The molecule has 1 rings (SSSR count). The van der Waals surface area contributed by atoms with E-state index >= 15 is 0 Å². The number of halogens is 1. The lowest BCUT2D eigenvalue weighted by molar-refractivity contribution is 0.397. The largest absolute Gasteiger partial charge is 0.508 e. The van der Waals surface area contributed by atoms with E-state index in [4.69, 9.17) is 11.6 Å². The number of rotatable bonds is 4. The molecule has 1 N–H and O–H groups in total. The zero-order valence-corrected chi connectivity index (χ0v) is 9.38. The SMILES string of the molecule is CN(C)CCCc1cc(Cl)ccc1O. The molecule has 2 nitrogen and oxygen atoms in total. The predicted molar refractivity (Wildman–Crippen MR) is 60.0 cm³/mol. The Bertz CT molecular complexity index is 299. The lowest BCUT2D eigenvalue weighted by Gasteiger charge is -2.09. The molecule has 0 radical (unpaired) electrons. The normalized spacial score (nSPS) is 10.9. The second-order valence-corrected chi connectivity index (χ2v) is 4.12. The summed E-state index contributed by atoms with van der Waals surface area (Å²) in [5, 5.41) is 10.2. The maximum atomic E-state index is 9.53. The van der Waals surface area contributed by atoms with Gasteiger partial charge in [0.2, 0.25) is 0 Å². The minimum atomic E-state index is 0.341. The van der Waals surface area contributed by atoms with Gasteiger partial charge in [0, 0.05) is 5.02 Å². The Morgan fingerprint density at radius 1 is 1.36 bits per heavy atom. The smallest absolute Gasteiger partial charge is 0.118 e. The van der Waals surface area contributed by atoms with Gasteiger partial charge >= 0.3 is 0 Å². The third-order valence-electron chi connectivity index (χ3n) is 2.09. The van der Waals surface area contributed by atoms with Crippen molar-refractivity contribution in [3.63, 3.8) is 0 Å². The van der Waals surface area contributed by atoms with Crippen LogP contribution >= 0.6 is 11.6 Å². The Balaban J connectivity index is 2.53. The summed E-state index contributed by atoms with van der Waals surface area (Å²) in [4.78, 5) is 2.13. The van der Waals surface area contributed by atoms with Crippen molar-refractivity contribution in [2.24, 2.45) is 0 Å². The molecule has 0 bridgehead atoms. The third-order valence-corrected chi connectivity index (χ3v) is 2.33. The number of phenolic OH excluding ortho intramolecular Hbond substituents is 1. The van der Waals surface area contributed by atoms with Gasteiger partial charge in [-0.3, -0.25) is 0 Å². The molecule has 1 aromatic rings. The van der Waals surface area contributed by atoms with Crippen LogP contribution in [0.25, 0.3) is 0 Å². The predicted octanol–water partition coefficient (Wildman–Crippen LogP) is 2.54. The molecule has 0 saturated heterocycles. The third kappa shape index (κ3) is 3.56. The van der Waals surface area contributed by atoms with E-state index in [1.807, 2.05) is 20.2 Å². The van der Waals surface area contributed by atoms with Gasteiger partial charge in [0.05, 0.1) is 0 Å². The molecule has 0 saturated carbocycles. The van der Waals surface area contributed by atoms with Crippen molar-refractivity contribution < 1.29 is 5.11 Å². The van der Waals surface area contributed by atoms with E-state index in [0.29, 0.717) is 10.8 Å². The van der Waals surface area contributed by atoms with Crippen LogP contribution in [0.1, 0.15) is 12.0 Å². The lowest BCUT2D eigenvalue weighted by atomic mass is 10.1. The van der Waals surface area contributed by atoms with Crippen molar-refractivity contribution in [1.29, 1.82) is 0 Å². The van der Waals surface area contributed by atoms with Gasteiger partial charge in [-0.2, -0.15) is 0 Å². The molecular weight excluding hydrogens is 198 g/mol. The van der Waals surface area contributed by atoms with Crippen LogP contribution in [0.3, 0.4) is 0 Å². The molecular formula is C11H16ClNO. The van der Waals surface area contributed by atoms with Gasteiger partial charge in [0.15, 0.2) is 0 Å². The van der Waals surface area contributed by atoms with Crippen molar-refractivity contribution in [2.45, 2.75) is 12.8 Å². The first-order valence-electron chi connectivity index (χ1n) is 4.71. The molecule has 78 valence electrons. The van der Waals surface area contributed by atoms with Gasteiger partial charge < -0.3 is 10.0 Å². The van der Waals surface area contributed by atoms with Crippen molar-refractivity contribution in [3.05, 3.63) is 28.8 Å². The van der Waals surface area contributed by atoms with Crippen LogP contribution in [0.4, 0.5) is 0 Å². The highest BCUT2D eigenvalue weighted by atomic mass is 35.5. The Hall–Kier alpha value is -0.730. The van der Waals surface area contributed by atoms with E-state index in [1.165, 1.54) is 0 Å². The average Bonchev–Trinajstić information content (AvgIpc) is 2.10. The van der Waals surface area contributed by atoms with Crippen LogP contribution < -0.4 is 0 Å². The molecule has 0 aliphatic heterocycles. The van der Waals surface area contributed by atoms with Crippen LogP contribution in [0.5, 0.6) is 5.75 Å². The summed E-state index contributed by atoms with van der Waals surface area (Å²) in [6.45, 7) is 1.02. The highest BCUT2D eigenvalue weighted by molar-refractivity contribution is 6.30. The van der Waals surface area contributed by atoms with Gasteiger partial charge in [-0.05, 0) is 57.2 Å². The van der Waals surface area contributed by atoms with Crippen LogP contribution in [0.15, 0.2) is 18.2 Å². The van der Waals surface area contributed by atoms with Crippen molar-refractivity contribution >= 4 is 11.6 Å². The molecule has 14 heavy (non-hydrogen) atoms. The summed E-state index contributed by atoms with van der Waals surface area (Å²) >= 11 is 5.84. The second-order valence-electron chi connectivity index (χ2n) is 3.68. The van der Waals surface area contributed by atoms with Gasteiger partial charge in [-0.15, -0.1) is 0 Å². The molecule has 0 unspecified atom stereocenters. The number of aromatic hydroxyl groups is 1. The molecule has 0 amide bonds. The molecule has 3 heteroatoms. The molecule has 0 fully saturated rings. The van der Waals surface area contributed by atoms with Crippen LogP contribution in [-0.2, 0) is 6.42 Å². The second kappa shape index (κ2) is 5.23. The van der Waals surface area contributed by atoms with Crippen LogP contribution in [0.2, 0.25) is 5.02 Å². The van der Waals surface area contributed by atoms with Gasteiger partial charge in [-0.1, -0.05) is 11.6 Å². The molecule has 1 aromatic carbocycles. The number of nitrogens with zero attached hydrogens (tertiary/aromatic N) is 1. The van der Waals surface area contributed by atoms with Gasteiger partial charge in [-0.25, -0.2) is 0 Å². The van der Waals surface area contributed by atoms with Crippen molar-refractivity contribution in [3.8, 4) is 5.75 Å².